The van der Waals surface area contributed by atoms with Crippen LogP contribution >= 0.6 is 0 Å². The molecule has 1 saturated heterocycles. The van der Waals surface area contributed by atoms with Crippen LogP contribution in [0.3, 0.4) is 0 Å². The number of aryl methyl sites for hydroxylation is 1. The summed E-state index contributed by atoms with van der Waals surface area (Å²) in [4.78, 5) is 41.7. The number of carbonyl (C=O) groups excluding carboxylic acids is 2. The highest BCUT2D eigenvalue weighted by atomic mass is 19.1. The fourth-order valence-electron chi connectivity index (χ4n) is 2.94. The van der Waals surface area contributed by atoms with Crippen LogP contribution in [0, 0.1) is 18.7 Å². The predicted molar refractivity (Wildman–Crippen MR) is 93.1 cm³/mol. The molecule has 0 saturated carbocycles. The van der Waals surface area contributed by atoms with Crippen LogP contribution in [-0.2, 0) is 16.1 Å². The molecule has 3 rings (SSSR count). The quantitative estimate of drug-likeness (QED) is 0.859. The Hall–Kier alpha value is -3.03. The predicted octanol–water partition coefficient (Wildman–Crippen LogP) is 0.860. The number of nitrogens with zero attached hydrogens (tertiary/aromatic N) is 3. The monoisotopic (exact) mass is 358 g/mol. The standard InChI is InChI=1S/C18H19FN4O3/c1-12-9-20-11-22(18(12)26)6-5-21-17(25)13-7-16(24)23(10-13)15-4-2-3-14(19)8-15/h2-4,8-9,11,13H,5-7,10H2,1H3,(H,21,25). The molecule has 1 aliphatic rings. The first kappa shape index (κ1) is 17.8. The van der Waals surface area contributed by atoms with E-state index in [0.717, 1.165) is 0 Å². The Morgan fingerprint density at radius 1 is 1.38 bits per heavy atom. The number of carbonyl (C=O) groups is 2. The second kappa shape index (κ2) is 7.47. The lowest BCUT2D eigenvalue weighted by molar-refractivity contribution is -0.126. The lowest BCUT2D eigenvalue weighted by Gasteiger charge is -2.16. The lowest BCUT2D eigenvalue weighted by atomic mass is 10.1. The van der Waals surface area contributed by atoms with E-state index in [0.29, 0.717) is 17.8 Å². The summed E-state index contributed by atoms with van der Waals surface area (Å²) in [5, 5.41) is 2.74. The van der Waals surface area contributed by atoms with E-state index in [1.165, 1.54) is 40.2 Å². The molecule has 2 heterocycles. The van der Waals surface area contributed by atoms with Gasteiger partial charge >= 0.3 is 0 Å². The molecule has 0 radical (unpaired) electrons. The SMILES string of the molecule is Cc1cncn(CCNC(=O)C2CC(=O)N(c3cccc(F)c3)C2)c1=O. The van der Waals surface area contributed by atoms with Gasteiger partial charge in [-0.2, -0.15) is 0 Å². The van der Waals surface area contributed by atoms with Crippen LogP contribution in [0.15, 0.2) is 41.6 Å². The number of benzene rings is 1. The first-order valence-electron chi connectivity index (χ1n) is 8.30. The number of halogens is 1. The summed E-state index contributed by atoms with van der Waals surface area (Å²) in [5.74, 6) is -1.40. The molecule has 1 aromatic carbocycles. The molecule has 26 heavy (non-hydrogen) atoms. The van der Waals surface area contributed by atoms with Gasteiger partial charge in [0.25, 0.3) is 5.56 Å². The molecular weight excluding hydrogens is 339 g/mol. The summed E-state index contributed by atoms with van der Waals surface area (Å²) in [6.07, 6.45) is 2.99. The zero-order valence-electron chi connectivity index (χ0n) is 14.3. The highest BCUT2D eigenvalue weighted by molar-refractivity contribution is 6.00. The van der Waals surface area contributed by atoms with E-state index in [4.69, 9.17) is 0 Å². The number of nitrogens with one attached hydrogen (secondary N) is 1. The average Bonchev–Trinajstić information content (AvgIpc) is 3.00. The second-order valence-electron chi connectivity index (χ2n) is 6.25. The maximum Gasteiger partial charge on any atom is 0.256 e. The van der Waals surface area contributed by atoms with E-state index in [1.54, 1.807) is 13.0 Å². The van der Waals surface area contributed by atoms with Crippen molar-refractivity contribution in [3.63, 3.8) is 0 Å². The molecular formula is C18H19FN4O3. The Morgan fingerprint density at radius 3 is 2.96 bits per heavy atom. The topological polar surface area (TPSA) is 84.3 Å². The number of rotatable bonds is 5. The number of amides is 2. The molecule has 0 bridgehead atoms. The number of hydrogen-bond acceptors (Lipinski definition) is 4. The van der Waals surface area contributed by atoms with E-state index in [1.807, 2.05) is 0 Å². The van der Waals surface area contributed by atoms with Gasteiger partial charge in [-0.15, -0.1) is 0 Å². The zero-order chi connectivity index (χ0) is 18.7. The van der Waals surface area contributed by atoms with Gasteiger partial charge in [0.2, 0.25) is 11.8 Å². The Morgan fingerprint density at radius 2 is 2.19 bits per heavy atom. The van der Waals surface area contributed by atoms with Crippen LogP contribution in [0.4, 0.5) is 10.1 Å². The van der Waals surface area contributed by atoms with Crippen molar-refractivity contribution in [1.82, 2.24) is 14.9 Å². The van der Waals surface area contributed by atoms with Crippen LogP contribution in [0.25, 0.3) is 0 Å². The fourth-order valence-corrected chi connectivity index (χ4v) is 2.94. The minimum absolute atomic E-state index is 0.0777. The summed E-state index contributed by atoms with van der Waals surface area (Å²) in [7, 11) is 0. The van der Waals surface area contributed by atoms with Crippen molar-refractivity contribution in [2.24, 2.45) is 5.92 Å². The van der Waals surface area contributed by atoms with Gasteiger partial charge < -0.3 is 10.2 Å². The van der Waals surface area contributed by atoms with E-state index in [2.05, 4.69) is 10.3 Å². The summed E-state index contributed by atoms with van der Waals surface area (Å²) in [6, 6.07) is 5.74. The Labute approximate surface area is 149 Å². The average molecular weight is 358 g/mol. The van der Waals surface area contributed by atoms with Crippen molar-refractivity contribution < 1.29 is 14.0 Å². The molecule has 1 fully saturated rings. The summed E-state index contributed by atoms with van der Waals surface area (Å²) >= 11 is 0. The third kappa shape index (κ3) is 3.79. The van der Waals surface area contributed by atoms with Gasteiger partial charge in [0, 0.05) is 43.5 Å². The van der Waals surface area contributed by atoms with Crippen molar-refractivity contribution in [3.8, 4) is 0 Å². The molecule has 1 atom stereocenters. The summed E-state index contributed by atoms with van der Waals surface area (Å²) in [5.41, 5.74) is 0.830. The molecule has 8 heteroatoms. The van der Waals surface area contributed by atoms with Crippen molar-refractivity contribution in [2.45, 2.75) is 19.9 Å². The van der Waals surface area contributed by atoms with Crippen molar-refractivity contribution in [3.05, 3.63) is 58.5 Å². The Kier molecular flexibility index (Phi) is 5.11. The maximum absolute atomic E-state index is 13.3. The van der Waals surface area contributed by atoms with Gasteiger partial charge in [-0.3, -0.25) is 19.0 Å². The van der Waals surface area contributed by atoms with Crippen LogP contribution in [0.5, 0.6) is 0 Å². The van der Waals surface area contributed by atoms with E-state index in [-0.39, 0.29) is 36.9 Å². The molecule has 0 spiro atoms. The molecule has 7 nitrogen and oxygen atoms in total. The number of anilines is 1. The fraction of sp³-hybridized carbons (Fsp3) is 0.333. The van der Waals surface area contributed by atoms with Gasteiger partial charge in [-0.25, -0.2) is 9.37 Å². The molecule has 1 unspecified atom stereocenters. The minimum Gasteiger partial charge on any atom is -0.354 e. The van der Waals surface area contributed by atoms with Gasteiger partial charge in [0.15, 0.2) is 0 Å². The maximum atomic E-state index is 13.3. The van der Waals surface area contributed by atoms with E-state index >= 15 is 0 Å². The smallest absolute Gasteiger partial charge is 0.256 e. The first-order chi connectivity index (χ1) is 12.5. The third-order valence-corrected chi connectivity index (χ3v) is 4.34. The molecule has 136 valence electrons. The molecule has 1 N–H and O–H groups in total. The van der Waals surface area contributed by atoms with Gasteiger partial charge in [-0.05, 0) is 25.1 Å². The first-order valence-corrected chi connectivity index (χ1v) is 8.30. The van der Waals surface area contributed by atoms with Gasteiger partial charge in [-0.1, -0.05) is 6.07 Å². The van der Waals surface area contributed by atoms with E-state index < -0.39 is 11.7 Å². The van der Waals surface area contributed by atoms with Crippen LogP contribution < -0.4 is 15.8 Å². The van der Waals surface area contributed by atoms with Crippen LogP contribution in [0.2, 0.25) is 0 Å². The summed E-state index contributed by atoms with van der Waals surface area (Å²) < 4.78 is 14.8. The van der Waals surface area contributed by atoms with Crippen LogP contribution in [-0.4, -0.2) is 34.5 Å². The zero-order valence-corrected chi connectivity index (χ0v) is 14.3. The second-order valence-corrected chi connectivity index (χ2v) is 6.25. The van der Waals surface area contributed by atoms with E-state index in [9.17, 15) is 18.8 Å². The third-order valence-electron chi connectivity index (χ3n) is 4.34. The minimum atomic E-state index is -0.502. The highest BCUT2D eigenvalue weighted by Crippen LogP contribution is 2.25. The van der Waals surface area contributed by atoms with Crippen molar-refractivity contribution >= 4 is 17.5 Å². The molecule has 2 aromatic rings. The Bertz CT molecular complexity index is 896. The Balaban J connectivity index is 1.56. The summed E-state index contributed by atoms with van der Waals surface area (Å²) in [6.45, 7) is 2.44. The molecule has 1 aromatic heterocycles. The lowest BCUT2D eigenvalue weighted by Crippen LogP contribution is -2.36. The number of hydrogen-bond donors (Lipinski definition) is 1. The molecule has 0 aliphatic carbocycles. The highest BCUT2D eigenvalue weighted by Gasteiger charge is 2.35. The van der Waals surface area contributed by atoms with Gasteiger partial charge in [0.1, 0.15) is 5.82 Å². The van der Waals surface area contributed by atoms with Crippen molar-refractivity contribution in [1.29, 1.82) is 0 Å². The van der Waals surface area contributed by atoms with Crippen LogP contribution in [0.1, 0.15) is 12.0 Å². The van der Waals surface area contributed by atoms with Crippen molar-refractivity contribution in [2.75, 3.05) is 18.0 Å². The number of aromatic nitrogens is 2. The molecule has 1 aliphatic heterocycles. The normalized spacial score (nSPS) is 16.8. The van der Waals surface area contributed by atoms with Gasteiger partial charge in [0.05, 0.1) is 12.2 Å². The molecule has 2 amide bonds. The largest absolute Gasteiger partial charge is 0.354 e.